The van der Waals surface area contributed by atoms with Gasteiger partial charge in [-0.2, -0.15) is 0 Å². The minimum Gasteiger partial charge on any atom is -0.363 e. The normalized spacial score (nSPS) is 16.9. The van der Waals surface area contributed by atoms with Crippen molar-refractivity contribution in [1.29, 1.82) is 0 Å². The summed E-state index contributed by atoms with van der Waals surface area (Å²) in [5, 5.41) is 3.14. The van der Waals surface area contributed by atoms with Crippen molar-refractivity contribution >= 4 is 0 Å². The molecule has 0 aromatic carbocycles. The Kier molecular flexibility index (Phi) is 4.09. The fourth-order valence-electron chi connectivity index (χ4n) is 0.805. The van der Waals surface area contributed by atoms with Gasteiger partial charge < -0.3 is 10.1 Å². The monoisotopic (exact) mass is 168 g/mol. The molecule has 0 spiro atoms. The second-order valence-corrected chi connectivity index (χ2v) is 3.18. The van der Waals surface area contributed by atoms with Crippen LogP contribution in [-0.2, 0) is 4.74 Å². The van der Waals surface area contributed by atoms with Crippen molar-refractivity contribution in [1.82, 2.24) is 10.2 Å². The Labute approximate surface area is 74.1 Å². The van der Waals surface area contributed by atoms with Crippen molar-refractivity contribution in [2.45, 2.75) is 6.10 Å². The minimum absolute atomic E-state index is 0.402. The van der Waals surface area contributed by atoms with Gasteiger partial charge in [0.2, 0.25) is 0 Å². The second-order valence-electron chi connectivity index (χ2n) is 3.18. The molecular weight excluding hydrogens is 152 g/mol. The molecule has 0 atom stereocenters. The number of hydrogen-bond donors (Lipinski definition) is 1. The molecule has 0 bridgehead atoms. The van der Waals surface area contributed by atoms with E-state index in [0.29, 0.717) is 12.7 Å². The highest BCUT2D eigenvalue weighted by atomic mass is 16.5. The lowest BCUT2D eigenvalue weighted by molar-refractivity contribution is 0.0394. The largest absolute Gasteiger partial charge is 0.363 e. The lowest BCUT2D eigenvalue weighted by atomic mass is 10.2. The maximum absolute atomic E-state index is 5.41. The molecule has 1 N–H and O–H groups in total. The third-order valence-corrected chi connectivity index (χ3v) is 1.66. The Bertz CT molecular complexity index is 177. The maximum Gasteiger partial charge on any atom is 0.108 e. The van der Waals surface area contributed by atoms with Crippen molar-refractivity contribution < 1.29 is 4.74 Å². The molecule has 1 saturated heterocycles. The minimum atomic E-state index is 0.402. The molecule has 1 aliphatic heterocycles. The van der Waals surface area contributed by atoms with E-state index >= 15 is 0 Å². The van der Waals surface area contributed by atoms with Gasteiger partial charge in [0.05, 0.1) is 12.6 Å². The topological polar surface area (TPSA) is 24.5 Å². The molecule has 1 heterocycles. The van der Waals surface area contributed by atoms with Crippen LogP contribution in [0.25, 0.3) is 0 Å². The van der Waals surface area contributed by atoms with Crippen LogP contribution in [-0.4, -0.2) is 51.3 Å². The summed E-state index contributed by atoms with van der Waals surface area (Å²) < 4.78 is 5.41. The van der Waals surface area contributed by atoms with Crippen molar-refractivity contribution in [3.8, 4) is 11.8 Å². The molecule has 3 nitrogen and oxygen atoms in total. The standard InChI is InChI=1S/C9H16N2O/c1-11(2)5-3-4-6-12-9-7-10-8-9/h9-10H,5-8H2,1-2H3. The fourth-order valence-corrected chi connectivity index (χ4v) is 0.805. The van der Waals surface area contributed by atoms with Gasteiger partial charge in [0.25, 0.3) is 0 Å². The highest BCUT2D eigenvalue weighted by molar-refractivity contribution is 5.01. The molecule has 1 rings (SSSR count). The Morgan fingerprint density at radius 1 is 1.42 bits per heavy atom. The maximum atomic E-state index is 5.41. The van der Waals surface area contributed by atoms with E-state index in [9.17, 15) is 0 Å². The van der Waals surface area contributed by atoms with Gasteiger partial charge in [-0.15, -0.1) is 0 Å². The van der Waals surface area contributed by atoms with Gasteiger partial charge in [-0.05, 0) is 14.1 Å². The smallest absolute Gasteiger partial charge is 0.108 e. The molecule has 3 heteroatoms. The molecule has 1 fully saturated rings. The first-order chi connectivity index (χ1) is 5.79. The predicted octanol–water partition coefficient (Wildman–Crippen LogP) is -0.460. The Morgan fingerprint density at radius 3 is 2.67 bits per heavy atom. The first kappa shape index (κ1) is 9.53. The summed E-state index contributed by atoms with van der Waals surface area (Å²) in [6.07, 6.45) is 0.402. The Balaban J connectivity index is 1.95. The summed E-state index contributed by atoms with van der Waals surface area (Å²) in [7, 11) is 4.01. The number of hydrogen-bond acceptors (Lipinski definition) is 3. The van der Waals surface area contributed by atoms with E-state index in [4.69, 9.17) is 4.74 Å². The van der Waals surface area contributed by atoms with Crippen LogP contribution in [0.15, 0.2) is 0 Å². The number of nitrogens with one attached hydrogen (secondary N) is 1. The zero-order valence-corrected chi connectivity index (χ0v) is 7.76. The van der Waals surface area contributed by atoms with Gasteiger partial charge in [0.1, 0.15) is 6.61 Å². The molecule has 0 aliphatic carbocycles. The van der Waals surface area contributed by atoms with E-state index in [1.807, 2.05) is 19.0 Å². The van der Waals surface area contributed by atoms with Crippen LogP contribution >= 0.6 is 0 Å². The third kappa shape index (κ3) is 3.72. The molecule has 68 valence electrons. The van der Waals surface area contributed by atoms with E-state index in [-0.39, 0.29) is 0 Å². The van der Waals surface area contributed by atoms with Crippen LogP contribution in [0.1, 0.15) is 0 Å². The highest BCUT2D eigenvalue weighted by Crippen LogP contribution is 1.95. The zero-order chi connectivity index (χ0) is 8.81. The second kappa shape index (κ2) is 5.15. The van der Waals surface area contributed by atoms with Gasteiger partial charge in [-0.3, -0.25) is 4.90 Å². The van der Waals surface area contributed by atoms with E-state index in [1.54, 1.807) is 0 Å². The van der Waals surface area contributed by atoms with Gasteiger partial charge in [0.15, 0.2) is 0 Å². The molecule has 0 radical (unpaired) electrons. The van der Waals surface area contributed by atoms with Gasteiger partial charge in [-0.1, -0.05) is 11.8 Å². The van der Waals surface area contributed by atoms with Gasteiger partial charge >= 0.3 is 0 Å². The van der Waals surface area contributed by atoms with Gasteiger partial charge in [0, 0.05) is 13.1 Å². The van der Waals surface area contributed by atoms with E-state index in [2.05, 4.69) is 17.2 Å². The molecule has 1 aliphatic rings. The van der Waals surface area contributed by atoms with Crippen LogP contribution in [0, 0.1) is 11.8 Å². The Hall–Kier alpha value is -0.560. The zero-order valence-electron chi connectivity index (χ0n) is 7.76. The summed E-state index contributed by atoms with van der Waals surface area (Å²) in [5.74, 6) is 5.99. The predicted molar refractivity (Wildman–Crippen MR) is 48.9 cm³/mol. The molecule has 0 unspecified atom stereocenters. The lowest BCUT2D eigenvalue weighted by Crippen LogP contribution is -2.48. The number of rotatable bonds is 3. The van der Waals surface area contributed by atoms with Crippen molar-refractivity contribution in [2.75, 3.05) is 40.3 Å². The summed E-state index contributed by atoms with van der Waals surface area (Å²) in [5.41, 5.74) is 0. The summed E-state index contributed by atoms with van der Waals surface area (Å²) >= 11 is 0. The Morgan fingerprint density at radius 2 is 2.17 bits per heavy atom. The fraction of sp³-hybridized carbons (Fsp3) is 0.778. The quantitative estimate of drug-likeness (QED) is 0.577. The first-order valence-corrected chi connectivity index (χ1v) is 4.22. The first-order valence-electron chi connectivity index (χ1n) is 4.22. The summed E-state index contributed by atoms with van der Waals surface area (Å²) in [6.45, 7) is 3.34. The van der Waals surface area contributed by atoms with Crippen LogP contribution in [0.2, 0.25) is 0 Å². The molecular formula is C9H16N2O. The molecule has 0 aromatic rings. The van der Waals surface area contributed by atoms with Crippen LogP contribution in [0.4, 0.5) is 0 Å². The third-order valence-electron chi connectivity index (χ3n) is 1.66. The van der Waals surface area contributed by atoms with Crippen molar-refractivity contribution in [3.05, 3.63) is 0 Å². The lowest BCUT2D eigenvalue weighted by Gasteiger charge is -2.25. The van der Waals surface area contributed by atoms with Gasteiger partial charge in [-0.25, -0.2) is 0 Å². The molecule has 12 heavy (non-hydrogen) atoms. The average molecular weight is 168 g/mol. The van der Waals surface area contributed by atoms with Crippen molar-refractivity contribution in [3.63, 3.8) is 0 Å². The molecule has 0 aromatic heterocycles. The van der Waals surface area contributed by atoms with E-state index in [1.165, 1.54) is 0 Å². The van der Waals surface area contributed by atoms with Crippen LogP contribution < -0.4 is 5.32 Å². The number of nitrogens with zero attached hydrogens (tertiary/aromatic N) is 1. The van der Waals surface area contributed by atoms with E-state index < -0.39 is 0 Å². The highest BCUT2D eigenvalue weighted by Gasteiger charge is 2.15. The average Bonchev–Trinajstić information content (AvgIpc) is 1.92. The van der Waals surface area contributed by atoms with Crippen LogP contribution in [0.3, 0.4) is 0 Å². The summed E-state index contributed by atoms with van der Waals surface area (Å²) in [4.78, 5) is 2.04. The van der Waals surface area contributed by atoms with Crippen LogP contribution in [0.5, 0.6) is 0 Å². The number of ether oxygens (including phenoxy) is 1. The van der Waals surface area contributed by atoms with E-state index in [0.717, 1.165) is 19.6 Å². The SMILES string of the molecule is CN(C)CC#CCOC1CNC1. The molecule has 0 saturated carbocycles. The van der Waals surface area contributed by atoms with Crippen molar-refractivity contribution in [2.24, 2.45) is 0 Å². The molecule has 0 amide bonds. The summed E-state index contributed by atoms with van der Waals surface area (Å²) in [6, 6.07) is 0.